The average molecular weight is 304 g/mol. The lowest BCUT2D eigenvalue weighted by molar-refractivity contribution is 0.280. The van der Waals surface area contributed by atoms with Crippen molar-refractivity contribution in [3.63, 3.8) is 0 Å². The van der Waals surface area contributed by atoms with Crippen LogP contribution in [0.1, 0.15) is 5.56 Å². The molecule has 0 aliphatic carbocycles. The molecule has 1 aromatic carbocycles. The van der Waals surface area contributed by atoms with Crippen LogP contribution >= 0.6 is 11.6 Å². The molecular weight excluding hydrogens is 294 g/mol. The average Bonchev–Trinajstić information content (AvgIpc) is 3.00. The van der Waals surface area contributed by atoms with Gasteiger partial charge in [-0.15, -0.1) is 0 Å². The van der Waals surface area contributed by atoms with E-state index >= 15 is 0 Å². The number of hydrogen-bond donors (Lipinski definition) is 1. The lowest BCUT2D eigenvalue weighted by Crippen LogP contribution is -2.09. The highest BCUT2D eigenvalue weighted by Crippen LogP contribution is 2.17. The van der Waals surface area contributed by atoms with E-state index in [4.69, 9.17) is 22.1 Å². The predicted molar refractivity (Wildman–Crippen MR) is 74.9 cm³/mol. The van der Waals surface area contributed by atoms with Crippen molar-refractivity contribution in [3.05, 3.63) is 47.5 Å². The van der Waals surface area contributed by atoms with Crippen LogP contribution in [-0.2, 0) is 6.61 Å². The molecule has 0 aliphatic heterocycles. The number of halogens is 1. The Morgan fingerprint density at radius 1 is 1.19 bits per heavy atom. The van der Waals surface area contributed by atoms with Crippen LogP contribution < -0.4 is 10.5 Å². The zero-order valence-corrected chi connectivity index (χ0v) is 11.5. The van der Waals surface area contributed by atoms with Gasteiger partial charge in [-0.3, -0.25) is 0 Å². The van der Waals surface area contributed by atoms with Gasteiger partial charge in [0.2, 0.25) is 5.95 Å². The number of nitrogens with two attached hydrogens (primary N) is 1. The smallest absolute Gasteiger partial charge is 0.323 e. The fraction of sp³-hybridized carbons (Fsp3) is 0.0833. The summed E-state index contributed by atoms with van der Waals surface area (Å²) in [7, 11) is 0. The number of hydrogen-bond acceptors (Lipinski definition) is 7. The van der Waals surface area contributed by atoms with E-state index in [1.165, 1.54) is 17.3 Å². The van der Waals surface area contributed by atoms with E-state index in [1.54, 1.807) is 6.07 Å². The molecule has 2 heterocycles. The van der Waals surface area contributed by atoms with Gasteiger partial charge in [0.05, 0.1) is 0 Å². The number of ether oxygens (including phenoxy) is 1. The Morgan fingerprint density at radius 3 is 2.81 bits per heavy atom. The SMILES string of the molecule is Nc1nc(OCc2ccccc2Cl)nc(-n2cncn2)n1. The summed E-state index contributed by atoms with van der Waals surface area (Å²) in [6, 6.07) is 7.43. The molecule has 0 fully saturated rings. The second kappa shape index (κ2) is 5.71. The molecule has 21 heavy (non-hydrogen) atoms. The van der Waals surface area contributed by atoms with E-state index in [9.17, 15) is 0 Å². The number of nitrogen functional groups attached to an aromatic ring is 1. The second-order valence-electron chi connectivity index (χ2n) is 4.00. The summed E-state index contributed by atoms with van der Waals surface area (Å²) >= 11 is 6.05. The number of anilines is 1. The fourth-order valence-electron chi connectivity index (χ4n) is 1.60. The molecule has 0 radical (unpaired) electrons. The third kappa shape index (κ3) is 3.06. The van der Waals surface area contributed by atoms with Gasteiger partial charge in [0.15, 0.2) is 0 Å². The van der Waals surface area contributed by atoms with Gasteiger partial charge in [0.25, 0.3) is 5.95 Å². The second-order valence-corrected chi connectivity index (χ2v) is 4.40. The Kier molecular flexibility index (Phi) is 3.61. The minimum absolute atomic E-state index is 0.0321. The quantitative estimate of drug-likeness (QED) is 0.773. The van der Waals surface area contributed by atoms with Crippen LogP contribution in [0.5, 0.6) is 6.01 Å². The molecule has 2 N–H and O–H groups in total. The molecule has 3 rings (SSSR count). The molecule has 0 atom stereocenters. The van der Waals surface area contributed by atoms with Gasteiger partial charge in [-0.05, 0) is 6.07 Å². The summed E-state index contributed by atoms with van der Waals surface area (Å²) in [5.41, 5.74) is 6.45. The highest BCUT2D eigenvalue weighted by molar-refractivity contribution is 6.31. The van der Waals surface area contributed by atoms with Gasteiger partial charge < -0.3 is 10.5 Å². The lowest BCUT2D eigenvalue weighted by Gasteiger charge is -2.07. The minimum atomic E-state index is 0.0321. The van der Waals surface area contributed by atoms with Crippen LogP contribution in [0.2, 0.25) is 5.02 Å². The Labute approximate surface area is 124 Å². The van der Waals surface area contributed by atoms with Crippen LogP contribution in [0.3, 0.4) is 0 Å². The first kappa shape index (κ1) is 13.3. The number of nitrogens with zero attached hydrogens (tertiary/aromatic N) is 6. The Morgan fingerprint density at radius 2 is 2.05 bits per heavy atom. The molecule has 106 valence electrons. The number of benzene rings is 1. The van der Waals surface area contributed by atoms with Crippen LogP contribution in [0.15, 0.2) is 36.9 Å². The summed E-state index contributed by atoms with van der Waals surface area (Å²) < 4.78 is 6.87. The summed E-state index contributed by atoms with van der Waals surface area (Å²) in [6.45, 7) is 0.222. The van der Waals surface area contributed by atoms with Crippen molar-refractivity contribution in [3.8, 4) is 12.0 Å². The maximum atomic E-state index is 6.05. The molecule has 0 amide bonds. The lowest BCUT2D eigenvalue weighted by atomic mass is 10.2. The van der Waals surface area contributed by atoms with Crippen molar-refractivity contribution >= 4 is 17.5 Å². The van der Waals surface area contributed by atoms with E-state index in [2.05, 4.69) is 25.0 Å². The van der Waals surface area contributed by atoms with Gasteiger partial charge in [-0.25, -0.2) is 4.98 Å². The molecule has 0 spiro atoms. The molecule has 0 saturated heterocycles. The third-order valence-corrected chi connectivity index (χ3v) is 2.93. The van der Waals surface area contributed by atoms with Gasteiger partial charge >= 0.3 is 6.01 Å². The molecule has 2 aromatic heterocycles. The van der Waals surface area contributed by atoms with Crippen molar-refractivity contribution in [2.75, 3.05) is 5.73 Å². The third-order valence-electron chi connectivity index (χ3n) is 2.56. The molecule has 0 bridgehead atoms. The van der Waals surface area contributed by atoms with E-state index in [0.29, 0.717) is 5.02 Å². The van der Waals surface area contributed by atoms with Gasteiger partial charge in [-0.2, -0.15) is 24.7 Å². The topological polar surface area (TPSA) is 105 Å². The van der Waals surface area contributed by atoms with Crippen molar-refractivity contribution in [1.82, 2.24) is 29.7 Å². The van der Waals surface area contributed by atoms with Crippen LogP contribution in [-0.4, -0.2) is 29.7 Å². The van der Waals surface area contributed by atoms with Crippen molar-refractivity contribution in [2.45, 2.75) is 6.61 Å². The summed E-state index contributed by atoms with van der Waals surface area (Å²) in [4.78, 5) is 15.8. The maximum Gasteiger partial charge on any atom is 0.323 e. The molecular formula is C12H10ClN7O. The van der Waals surface area contributed by atoms with Crippen LogP contribution in [0.4, 0.5) is 5.95 Å². The highest BCUT2D eigenvalue weighted by atomic mass is 35.5. The minimum Gasteiger partial charge on any atom is -0.458 e. The Balaban J connectivity index is 1.81. The molecule has 9 heteroatoms. The normalized spacial score (nSPS) is 10.5. The summed E-state index contributed by atoms with van der Waals surface area (Å²) in [6.07, 6.45) is 2.82. The van der Waals surface area contributed by atoms with Crippen LogP contribution in [0.25, 0.3) is 5.95 Å². The fourth-order valence-corrected chi connectivity index (χ4v) is 1.79. The highest BCUT2D eigenvalue weighted by Gasteiger charge is 2.09. The number of aromatic nitrogens is 6. The molecule has 0 unspecified atom stereocenters. The van der Waals surface area contributed by atoms with E-state index < -0.39 is 0 Å². The van der Waals surface area contributed by atoms with E-state index in [-0.39, 0.29) is 24.5 Å². The number of rotatable bonds is 4. The Hall–Kier alpha value is -2.74. The van der Waals surface area contributed by atoms with E-state index in [1.807, 2.05) is 18.2 Å². The van der Waals surface area contributed by atoms with Crippen molar-refractivity contribution in [1.29, 1.82) is 0 Å². The van der Waals surface area contributed by atoms with Gasteiger partial charge in [-0.1, -0.05) is 29.8 Å². The van der Waals surface area contributed by atoms with Gasteiger partial charge in [0.1, 0.15) is 19.3 Å². The van der Waals surface area contributed by atoms with Crippen LogP contribution in [0, 0.1) is 0 Å². The van der Waals surface area contributed by atoms with Gasteiger partial charge in [0, 0.05) is 10.6 Å². The first-order valence-corrected chi connectivity index (χ1v) is 6.33. The summed E-state index contributed by atoms with van der Waals surface area (Å²) in [5.74, 6) is 0.263. The molecule has 0 aliphatic rings. The first-order chi connectivity index (χ1) is 10.2. The molecule has 3 aromatic rings. The Bertz CT molecular complexity index is 747. The maximum absolute atomic E-state index is 6.05. The molecule has 0 saturated carbocycles. The van der Waals surface area contributed by atoms with E-state index in [0.717, 1.165) is 5.56 Å². The summed E-state index contributed by atoms with van der Waals surface area (Å²) in [5, 5.41) is 4.53. The largest absolute Gasteiger partial charge is 0.458 e. The zero-order chi connectivity index (χ0) is 14.7. The zero-order valence-electron chi connectivity index (χ0n) is 10.7. The first-order valence-electron chi connectivity index (χ1n) is 5.95. The monoisotopic (exact) mass is 303 g/mol. The predicted octanol–water partition coefficient (Wildman–Crippen LogP) is 1.27. The van der Waals surface area contributed by atoms with Crippen molar-refractivity contribution in [2.24, 2.45) is 0 Å². The molecule has 8 nitrogen and oxygen atoms in total. The van der Waals surface area contributed by atoms with Crippen molar-refractivity contribution < 1.29 is 4.74 Å². The standard InChI is InChI=1S/C12H10ClN7O/c13-9-4-2-1-3-8(9)5-21-12-18-10(14)17-11(19-12)20-7-15-6-16-20/h1-4,6-7H,5H2,(H2,14,17,18,19).